The molecule has 0 spiro atoms. The summed E-state index contributed by atoms with van der Waals surface area (Å²) in [7, 11) is 3.27. The van der Waals surface area contributed by atoms with Gasteiger partial charge in [0.15, 0.2) is 0 Å². The van der Waals surface area contributed by atoms with Crippen molar-refractivity contribution in [2.45, 2.75) is 46.4 Å². The molecule has 0 saturated heterocycles. The number of nitrogens with one attached hydrogen (secondary N) is 1. The summed E-state index contributed by atoms with van der Waals surface area (Å²) in [6.45, 7) is 11.4. The Balaban J connectivity index is 3.70. The van der Waals surface area contributed by atoms with Crippen LogP contribution in [0.4, 0.5) is 0 Å². The molecule has 0 aliphatic carbocycles. The highest BCUT2D eigenvalue weighted by Gasteiger charge is 2.20. The molecule has 0 aliphatic heterocycles. The van der Waals surface area contributed by atoms with E-state index in [9.17, 15) is 0 Å². The van der Waals surface area contributed by atoms with Crippen molar-refractivity contribution in [2.24, 2.45) is 5.41 Å². The Morgan fingerprint density at radius 1 is 1.09 bits per heavy atom. The normalized spacial score (nSPS) is 13.3. The second kappa shape index (κ2) is 3.62. The van der Waals surface area contributed by atoms with Crippen molar-refractivity contribution in [3.8, 4) is 0 Å². The first-order valence-corrected chi connectivity index (χ1v) is 4.46. The van der Waals surface area contributed by atoms with E-state index in [2.05, 4.69) is 39.9 Å². The van der Waals surface area contributed by atoms with E-state index < -0.39 is 0 Å². The van der Waals surface area contributed by atoms with Crippen LogP contribution in [0.3, 0.4) is 0 Å². The number of hydrogen-bond donors (Lipinski definition) is 1. The van der Waals surface area contributed by atoms with Gasteiger partial charge >= 0.3 is 0 Å². The molecule has 0 bridgehead atoms. The third-order valence-corrected chi connectivity index (χ3v) is 2.18. The van der Waals surface area contributed by atoms with Gasteiger partial charge in [-0.1, -0.05) is 40.9 Å². The van der Waals surface area contributed by atoms with Crippen LogP contribution in [0.1, 0.15) is 34.6 Å². The lowest BCUT2D eigenvalue weighted by Crippen LogP contribution is -2.43. The van der Waals surface area contributed by atoms with Gasteiger partial charge in [-0.05, 0) is 17.9 Å². The molecular weight excluding hydrogens is 133 g/mol. The molecule has 0 unspecified atom stereocenters. The molecule has 2 heteroatoms. The van der Waals surface area contributed by atoms with Crippen molar-refractivity contribution < 1.29 is 0 Å². The van der Waals surface area contributed by atoms with Crippen LogP contribution in [0.25, 0.3) is 0 Å². The van der Waals surface area contributed by atoms with Gasteiger partial charge in [-0.3, -0.25) is 0 Å². The molecule has 0 heterocycles. The van der Waals surface area contributed by atoms with Gasteiger partial charge in [0.2, 0.25) is 0 Å². The maximum atomic E-state index is 3.31. The van der Waals surface area contributed by atoms with Gasteiger partial charge in [0, 0.05) is 0 Å². The first-order chi connectivity index (χ1) is 4.77. The van der Waals surface area contributed by atoms with Crippen LogP contribution in [0.5, 0.6) is 0 Å². The molecule has 0 fully saturated rings. The highest BCUT2D eigenvalue weighted by Crippen LogP contribution is 2.20. The summed E-state index contributed by atoms with van der Waals surface area (Å²) in [5.41, 5.74) is 0.765. The SMILES string of the molecule is CNC(C)(C)BCC(C)(C)C. The molecule has 0 aromatic carbocycles. The summed E-state index contributed by atoms with van der Waals surface area (Å²) in [5.74, 6) is 0. The van der Waals surface area contributed by atoms with Crippen LogP contribution >= 0.6 is 0 Å². The minimum absolute atomic E-state index is 0.299. The van der Waals surface area contributed by atoms with Crippen LogP contribution in [-0.4, -0.2) is 19.8 Å². The lowest BCUT2D eigenvalue weighted by molar-refractivity contribution is 0.455. The summed E-state index contributed by atoms with van der Waals surface area (Å²) >= 11 is 0. The van der Waals surface area contributed by atoms with E-state index in [0.29, 0.717) is 10.9 Å². The van der Waals surface area contributed by atoms with Crippen molar-refractivity contribution in [3.05, 3.63) is 0 Å². The Bertz CT molecular complexity index is 113. The van der Waals surface area contributed by atoms with Gasteiger partial charge in [0.05, 0.1) is 0 Å². The molecule has 0 atom stereocenters. The van der Waals surface area contributed by atoms with Crippen LogP contribution in [0.2, 0.25) is 6.32 Å². The van der Waals surface area contributed by atoms with E-state index in [1.807, 2.05) is 7.05 Å². The van der Waals surface area contributed by atoms with Gasteiger partial charge < -0.3 is 5.32 Å². The van der Waals surface area contributed by atoms with E-state index >= 15 is 0 Å². The van der Waals surface area contributed by atoms with Crippen LogP contribution < -0.4 is 5.32 Å². The summed E-state index contributed by atoms with van der Waals surface area (Å²) in [6, 6.07) is 0. The predicted octanol–water partition coefficient (Wildman–Crippen LogP) is 1.84. The Labute approximate surface area is 72.2 Å². The third-order valence-electron chi connectivity index (χ3n) is 2.18. The molecule has 0 aromatic rings. The maximum Gasteiger partial charge on any atom is 0.145 e. The molecule has 0 saturated carbocycles. The zero-order valence-corrected chi connectivity index (χ0v) is 8.91. The third kappa shape index (κ3) is 6.42. The Hall–Kier alpha value is 0.0249. The van der Waals surface area contributed by atoms with Gasteiger partial charge in [-0.2, -0.15) is 0 Å². The van der Waals surface area contributed by atoms with Crippen molar-refractivity contribution in [2.75, 3.05) is 7.05 Å². The minimum Gasteiger partial charge on any atom is -0.322 e. The minimum atomic E-state index is 0.299. The summed E-state index contributed by atoms with van der Waals surface area (Å²) in [6.07, 6.45) is 1.28. The maximum absolute atomic E-state index is 3.31. The van der Waals surface area contributed by atoms with E-state index in [1.165, 1.54) is 13.6 Å². The lowest BCUT2D eigenvalue weighted by Gasteiger charge is -2.27. The molecule has 66 valence electrons. The van der Waals surface area contributed by atoms with Crippen molar-refractivity contribution >= 4 is 7.28 Å². The molecule has 0 rings (SSSR count). The molecule has 0 amide bonds. The fraction of sp³-hybridized carbons (Fsp3) is 1.00. The summed E-state index contributed by atoms with van der Waals surface area (Å²) in [4.78, 5) is 0. The van der Waals surface area contributed by atoms with Crippen molar-refractivity contribution in [1.29, 1.82) is 0 Å². The van der Waals surface area contributed by atoms with Crippen LogP contribution in [0, 0.1) is 5.41 Å². The zero-order chi connectivity index (χ0) is 9.12. The first-order valence-electron chi connectivity index (χ1n) is 4.46. The van der Waals surface area contributed by atoms with Crippen LogP contribution in [0.15, 0.2) is 0 Å². The van der Waals surface area contributed by atoms with Gasteiger partial charge in [0.1, 0.15) is 7.28 Å². The molecule has 0 aliphatic rings. The summed E-state index contributed by atoms with van der Waals surface area (Å²) < 4.78 is 0. The molecule has 1 nitrogen and oxygen atoms in total. The topological polar surface area (TPSA) is 12.0 Å². The molecule has 0 aromatic heterocycles. The molecular formula is C9H22BN. The average Bonchev–Trinajstić information content (AvgIpc) is 1.83. The standard InChI is InChI=1S/C9H22BN/c1-8(2,3)7-10-9(4,5)11-6/h10-11H,7H2,1-6H3. The summed E-state index contributed by atoms with van der Waals surface area (Å²) in [5, 5.41) is 3.31. The lowest BCUT2D eigenvalue weighted by atomic mass is 9.53. The van der Waals surface area contributed by atoms with Crippen molar-refractivity contribution in [1.82, 2.24) is 5.32 Å². The van der Waals surface area contributed by atoms with Gasteiger partial charge in [0.25, 0.3) is 0 Å². The van der Waals surface area contributed by atoms with Gasteiger partial charge in [-0.25, -0.2) is 0 Å². The van der Waals surface area contributed by atoms with E-state index in [-0.39, 0.29) is 0 Å². The molecule has 0 radical (unpaired) electrons. The zero-order valence-electron chi connectivity index (χ0n) is 8.91. The van der Waals surface area contributed by atoms with Gasteiger partial charge in [-0.15, -0.1) is 0 Å². The predicted molar refractivity (Wildman–Crippen MR) is 54.5 cm³/mol. The number of rotatable bonds is 3. The fourth-order valence-corrected chi connectivity index (χ4v) is 0.812. The smallest absolute Gasteiger partial charge is 0.145 e. The second-order valence-corrected chi connectivity index (χ2v) is 5.19. The highest BCUT2D eigenvalue weighted by atomic mass is 14.9. The van der Waals surface area contributed by atoms with Crippen LogP contribution in [-0.2, 0) is 0 Å². The average molecular weight is 155 g/mol. The van der Waals surface area contributed by atoms with E-state index in [0.717, 1.165) is 0 Å². The molecule has 11 heavy (non-hydrogen) atoms. The first kappa shape index (κ1) is 11.0. The highest BCUT2D eigenvalue weighted by molar-refractivity contribution is 6.40. The fourth-order valence-electron chi connectivity index (χ4n) is 0.812. The van der Waals surface area contributed by atoms with Crippen molar-refractivity contribution in [3.63, 3.8) is 0 Å². The van der Waals surface area contributed by atoms with E-state index in [4.69, 9.17) is 0 Å². The Morgan fingerprint density at radius 3 is 1.82 bits per heavy atom. The number of hydrogen-bond acceptors (Lipinski definition) is 1. The quantitative estimate of drug-likeness (QED) is 0.613. The second-order valence-electron chi connectivity index (χ2n) is 5.19. The van der Waals surface area contributed by atoms with E-state index in [1.54, 1.807) is 0 Å². The Kier molecular flexibility index (Phi) is 3.63. The Morgan fingerprint density at radius 2 is 1.55 bits per heavy atom. The largest absolute Gasteiger partial charge is 0.322 e. The molecule has 1 N–H and O–H groups in total. The monoisotopic (exact) mass is 155 g/mol.